The van der Waals surface area contributed by atoms with Gasteiger partial charge >= 0.3 is 5.97 Å². The fourth-order valence-corrected chi connectivity index (χ4v) is 4.58. The highest BCUT2D eigenvalue weighted by molar-refractivity contribution is 6.39. The lowest BCUT2D eigenvalue weighted by Crippen LogP contribution is -2.42. The Hall–Kier alpha value is -4.05. The van der Waals surface area contributed by atoms with Crippen molar-refractivity contribution in [2.75, 3.05) is 0 Å². The number of rotatable bonds is 7. The molecule has 0 spiro atoms. The number of benzene rings is 1. The Kier molecular flexibility index (Phi) is 7.24. The second kappa shape index (κ2) is 10.7. The number of aliphatic carboxylic acids is 1. The molecule has 0 aliphatic heterocycles. The molecule has 1 aromatic carbocycles. The molecule has 9 nitrogen and oxygen atoms in total. The molecule has 38 heavy (non-hydrogen) atoms. The third-order valence-electron chi connectivity index (χ3n) is 5.72. The molecule has 1 atom stereocenters. The third kappa shape index (κ3) is 5.17. The second-order valence-electron chi connectivity index (χ2n) is 8.20. The van der Waals surface area contributed by atoms with Crippen molar-refractivity contribution < 1.29 is 14.7 Å². The normalized spacial score (nSPS) is 11.9. The van der Waals surface area contributed by atoms with Crippen LogP contribution in [0.25, 0.3) is 28.2 Å². The number of carbonyl (C=O) groups excluding carboxylic acids is 1. The zero-order valence-electron chi connectivity index (χ0n) is 19.3. The van der Waals surface area contributed by atoms with Crippen LogP contribution >= 0.6 is 34.8 Å². The molecule has 5 aromatic rings. The predicted octanol–water partition coefficient (Wildman–Crippen LogP) is 5.26. The molecule has 12 heteroatoms. The fourth-order valence-electron chi connectivity index (χ4n) is 3.93. The lowest BCUT2D eigenvalue weighted by atomic mass is 10.0. The number of carboxylic acid groups (broad SMARTS) is 1. The molecule has 0 bridgehead atoms. The summed E-state index contributed by atoms with van der Waals surface area (Å²) in [5.41, 5.74) is 3.49. The van der Waals surface area contributed by atoms with E-state index < -0.39 is 17.9 Å². The quantitative estimate of drug-likeness (QED) is 0.257. The second-order valence-corrected chi connectivity index (χ2v) is 9.40. The number of halogens is 3. The number of hydrogen-bond acceptors (Lipinski definition) is 6. The van der Waals surface area contributed by atoms with Gasteiger partial charge in [-0.15, -0.1) is 0 Å². The largest absolute Gasteiger partial charge is 0.480 e. The van der Waals surface area contributed by atoms with E-state index in [1.165, 1.54) is 12.4 Å². The molecule has 0 aliphatic rings. The molecule has 5 rings (SSSR count). The van der Waals surface area contributed by atoms with E-state index in [4.69, 9.17) is 39.8 Å². The highest BCUT2D eigenvalue weighted by atomic mass is 35.5. The number of carboxylic acids is 1. The summed E-state index contributed by atoms with van der Waals surface area (Å²) in [7, 11) is 0. The van der Waals surface area contributed by atoms with Crippen LogP contribution < -0.4 is 5.32 Å². The van der Waals surface area contributed by atoms with E-state index in [9.17, 15) is 14.7 Å². The van der Waals surface area contributed by atoms with Crippen molar-refractivity contribution in [3.8, 4) is 17.1 Å². The average molecular weight is 568 g/mol. The van der Waals surface area contributed by atoms with E-state index in [1.807, 2.05) is 28.8 Å². The van der Waals surface area contributed by atoms with Gasteiger partial charge in [0.2, 0.25) is 0 Å². The van der Waals surface area contributed by atoms with Gasteiger partial charge in [0.05, 0.1) is 15.6 Å². The maximum absolute atomic E-state index is 12.7. The van der Waals surface area contributed by atoms with Gasteiger partial charge in [-0.1, -0.05) is 46.9 Å². The molecule has 1 amide bonds. The standard InChI is InChI=1S/C26H17Cl3N6O3/c27-17-12-30-13-18(28)22(17)25(36)34-20(26(37)38)10-14-3-6-16(7-4-14)35-23(15-5-8-21(29)32-11-15)33-19-2-1-9-31-24(19)35/h1-9,11-13,20H,10H2,(H,34,36)(H,37,38)/t20-/m0/s1. The molecule has 4 heterocycles. The van der Waals surface area contributed by atoms with Crippen LogP contribution in [-0.2, 0) is 11.2 Å². The molecule has 0 saturated carbocycles. The van der Waals surface area contributed by atoms with Gasteiger partial charge in [0.25, 0.3) is 5.91 Å². The Bertz CT molecular complexity index is 1640. The highest BCUT2D eigenvalue weighted by Gasteiger charge is 2.24. The monoisotopic (exact) mass is 566 g/mol. The first-order chi connectivity index (χ1) is 18.3. The van der Waals surface area contributed by atoms with Crippen LogP contribution in [0.15, 0.2) is 73.3 Å². The molecule has 0 fully saturated rings. The highest BCUT2D eigenvalue weighted by Crippen LogP contribution is 2.28. The molecule has 0 saturated heterocycles. The van der Waals surface area contributed by atoms with Gasteiger partial charge in [-0.3, -0.25) is 14.3 Å². The van der Waals surface area contributed by atoms with Gasteiger partial charge in [0, 0.05) is 42.5 Å². The van der Waals surface area contributed by atoms with Gasteiger partial charge in [-0.25, -0.2) is 19.7 Å². The minimum Gasteiger partial charge on any atom is -0.480 e. The first-order valence-electron chi connectivity index (χ1n) is 11.2. The number of nitrogens with zero attached hydrogens (tertiary/aromatic N) is 5. The average Bonchev–Trinajstić information content (AvgIpc) is 3.28. The molecule has 0 aliphatic carbocycles. The number of fused-ring (bicyclic) bond motifs is 1. The van der Waals surface area contributed by atoms with E-state index >= 15 is 0 Å². The summed E-state index contributed by atoms with van der Waals surface area (Å²) in [5.74, 6) is -1.29. The van der Waals surface area contributed by atoms with Crippen LogP contribution in [-0.4, -0.2) is 47.5 Å². The zero-order chi connectivity index (χ0) is 26.8. The molecule has 190 valence electrons. The minimum absolute atomic E-state index is 0.0244. The topological polar surface area (TPSA) is 123 Å². The van der Waals surface area contributed by atoms with Crippen LogP contribution in [0.5, 0.6) is 0 Å². The third-order valence-corrected chi connectivity index (χ3v) is 6.52. The van der Waals surface area contributed by atoms with E-state index in [2.05, 4.69) is 20.3 Å². The summed E-state index contributed by atoms with van der Waals surface area (Å²) in [6.07, 6.45) is 5.87. The van der Waals surface area contributed by atoms with Gasteiger partial charge in [-0.05, 0) is 42.0 Å². The Morgan fingerprint density at radius 2 is 1.68 bits per heavy atom. The number of amides is 1. The first-order valence-corrected chi connectivity index (χ1v) is 12.3. The Balaban J connectivity index is 1.43. The first kappa shape index (κ1) is 25.6. The van der Waals surface area contributed by atoms with Crippen LogP contribution in [0.3, 0.4) is 0 Å². The number of carbonyl (C=O) groups is 2. The van der Waals surface area contributed by atoms with Gasteiger partial charge in [0.1, 0.15) is 22.5 Å². The number of nitrogens with one attached hydrogen (secondary N) is 1. The molecule has 0 radical (unpaired) electrons. The van der Waals surface area contributed by atoms with Gasteiger partial charge in [0.15, 0.2) is 5.65 Å². The van der Waals surface area contributed by atoms with Crippen molar-refractivity contribution in [2.24, 2.45) is 0 Å². The number of imidazole rings is 1. The molecular formula is C26H17Cl3N6O3. The summed E-state index contributed by atoms with van der Waals surface area (Å²) in [6, 6.07) is 13.2. The summed E-state index contributed by atoms with van der Waals surface area (Å²) < 4.78 is 1.88. The smallest absolute Gasteiger partial charge is 0.326 e. The Labute approximate surface area is 231 Å². The summed E-state index contributed by atoms with van der Waals surface area (Å²) in [6.45, 7) is 0. The Morgan fingerprint density at radius 3 is 2.34 bits per heavy atom. The minimum atomic E-state index is -1.22. The van der Waals surface area contributed by atoms with Crippen molar-refractivity contribution in [1.29, 1.82) is 0 Å². The lowest BCUT2D eigenvalue weighted by molar-refractivity contribution is -0.139. The van der Waals surface area contributed by atoms with Crippen molar-refractivity contribution >= 4 is 57.8 Å². The van der Waals surface area contributed by atoms with E-state index in [0.29, 0.717) is 27.7 Å². The molecule has 4 aromatic heterocycles. The fraction of sp³-hybridized carbons (Fsp3) is 0.0769. The van der Waals surface area contributed by atoms with Crippen molar-refractivity contribution in [2.45, 2.75) is 12.5 Å². The summed E-state index contributed by atoms with van der Waals surface area (Å²) >= 11 is 18.0. The number of aromatic nitrogens is 5. The van der Waals surface area contributed by atoms with E-state index in [0.717, 1.165) is 11.3 Å². The summed E-state index contributed by atoms with van der Waals surface area (Å²) in [5, 5.41) is 12.6. The lowest BCUT2D eigenvalue weighted by Gasteiger charge is -2.16. The van der Waals surface area contributed by atoms with Crippen molar-refractivity contribution in [3.63, 3.8) is 0 Å². The molecular weight excluding hydrogens is 551 g/mol. The maximum atomic E-state index is 12.7. The van der Waals surface area contributed by atoms with Crippen LogP contribution in [0.4, 0.5) is 0 Å². The van der Waals surface area contributed by atoms with Gasteiger partial charge in [-0.2, -0.15) is 0 Å². The number of hydrogen-bond donors (Lipinski definition) is 2. The molecule has 2 N–H and O–H groups in total. The Morgan fingerprint density at radius 1 is 0.947 bits per heavy atom. The molecule has 0 unspecified atom stereocenters. The van der Waals surface area contributed by atoms with Crippen molar-refractivity contribution in [3.05, 3.63) is 99.6 Å². The van der Waals surface area contributed by atoms with E-state index in [1.54, 1.807) is 36.7 Å². The zero-order valence-corrected chi connectivity index (χ0v) is 21.6. The van der Waals surface area contributed by atoms with Crippen LogP contribution in [0.2, 0.25) is 15.2 Å². The SMILES string of the molecule is O=C(N[C@@H](Cc1ccc(-n2c(-c3ccc(Cl)nc3)nc3cccnc32)cc1)C(=O)O)c1c(Cl)cncc1Cl. The maximum Gasteiger partial charge on any atom is 0.326 e. The van der Waals surface area contributed by atoms with E-state index in [-0.39, 0.29) is 22.0 Å². The van der Waals surface area contributed by atoms with Crippen molar-refractivity contribution in [1.82, 2.24) is 29.8 Å². The predicted molar refractivity (Wildman–Crippen MR) is 144 cm³/mol. The van der Waals surface area contributed by atoms with Crippen LogP contribution in [0, 0.1) is 0 Å². The summed E-state index contributed by atoms with van der Waals surface area (Å²) in [4.78, 5) is 41.8. The van der Waals surface area contributed by atoms with Crippen LogP contribution in [0.1, 0.15) is 15.9 Å². The van der Waals surface area contributed by atoms with Gasteiger partial charge < -0.3 is 10.4 Å². The number of pyridine rings is 3.